The monoisotopic (exact) mass is 327 g/mol. The van der Waals surface area contributed by atoms with Crippen molar-refractivity contribution in [2.24, 2.45) is 0 Å². The van der Waals surface area contributed by atoms with Gasteiger partial charge in [0.2, 0.25) is 0 Å². The molecule has 0 aliphatic rings. The van der Waals surface area contributed by atoms with Crippen LogP contribution in [0.2, 0.25) is 0 Å². The average molecular weight is 327 g/mol. The predicted molar refractivity (Wildman–Crippen MR) is 95.5 cm³/mol. The zero-order chi connectivity index (χ0) is 17.5. The van der Waals surface area contributed by atoms with Gasteiger partial charge in [-0.3, -0.25) is 4.79 Å². The van der Waals surface area contributed by atoms with E-state index < -0.39 is 6.10 Å². The summed E-state index contributed by atoms with van der Waals surface area (Å²) in [5.41, 5.74) is 3.24. The Labute approximate surface area is 143 Å². The molecule has 0 saturated carbocycles. The molecular weight excluding hydrogens is 302 g/mol. The summed E-state index contributed by atoms with van der Waals surface area (Å²) < 4.78 is 11.1. The molecule has 0 heterocycles. The highest BCUT2D eigenvalue weighted by Crippen LogP contribution is 2.22. The second kappa shape index (κ2) is 8.39. The van der Waals surface area contributed by atoms with E-state index in [1.54, 1.807) is 7.11 Å². The second-order valence-corrected chi connectivity index (χ2v) is 5.78. The largest absolute Gasteiger partial charge is 0.497 e. The number of aryl methyl sites for hydroxylation is 1. The molecule has 4 heteroatoms. The second-order valence-electron chi connectivity index (χ2n) is 5.78. The lowest BCUT2D eigenvalue weighted by molar-refractivity contribution is -0.128. The number of benzene rings is 2. The third-order valence-corrected chi connectivity index (χ3v) is 4.11. The van der Waals surface area contributed by atoms with Crippen LogP contribution >= 0.6 is 0 Å². The van der Waals surface area contributed by atoms with Crippen LogP contribution in [0.5, 0.6) is 11.5 Å². The van der Waals surface area contributed by atoms with E-state index in [2.05, 4.69) is 5.32 Å². The minimum absolute atomic E-state index is 0.103. The van der Waals surface area contributed by atoms with Crippen LogP contribution in [0, 0.1) is 13.8 Å². The van der Waals surface area contributed by atoms with Crippen LogP contribution in [0.1, 0.15) is 30.0 Å². The normalized spacial score (nSPS) is 11.7. The summed E-state index contributed by atoms with van der Waals surface area (Å²) >= 11 is 0. The molecule has 1 N–H and O–H groups in total. The number of ether oxygens (including phenoxy) is 2. The van der Waals surface area contributed by atoms with E-state index in [4.69, 9.17) is 9.47 Å². The van der Waals surface area contributed by atoms with Gasteiger partial charge in [0.15, 0.2) is 6.10 Å². The van der Waals surface area contributed by atoms with Gasteiger partial charge in [0.05, 0.1) is 7.11 Å². The van der Waals surface area contributed by atoms with Crippen molar-refractivity contribution in [1.82, 2.24) is 5.32 Å². The molecule has 2 rings (SSSR count). The fraction of sp³-hybridized carbons (Fsp3) is 0.350. The molecule has 0 aliphatic carbocycles. The van der Waals surface area contributed by atoms with Gasteiger partial charge in [-0.05, 0) is 55.2 Å². The SMILES string of the molecule is CC[C@H](Oc1cccc(C)c1C)C(=O)NCc1ccc(OC)cc1. The smallest absolute Gasteiger partial charge is 0.261 e. The van der Waals surface area contributed by atoms with Gasteiger partial charge in [0.1, 0.15) is 11.5 Å². The van der Waals surface area contributed by atoms with Crippen LogP contribution in [0.25, 0.3) is 0 Å². The van der Waals surface area contributed by atoms with Crippen molar-refractivity contribution in [3.63, 3.8) is 0 Å². The van der Waals surface area contributed by atoms with Gasteiger partial charge in [-0.2, -0.15) is 0 Å². The molecule has 0 spiro atoms. The number of nitrogens with one attached hydrogen (secondary N) is 1. The Kier molecular flexibility index (Phi) is 6.24. The van der Waals surface area contributed by atoms with E-state index in [9.17, 15) is 4.79 Å². The maximum absolute atomic E-state index is 12.4. The summed E-state index contributed by atoms with van der Waals surface area (Å²) in [4.78, 5) is 12.4. The van der Waals surface area contributed by atoms with Gasteiger partial charge in [-0.1, -0.05) is 31.2 Å². The first-order valence-electron chi connectivity index (χ1n) is 8.18. The third-order valence-electron chi connectivity index (χ3n) is 4.11. The molecule has 24 heavy (non-hydrogen) atoms. The molecule has 2 aromatic carbocycles. The lowest BCUT2D eigenvalue weighted by Gasteiger charge is -2.19. The number of rotatable bonds is 7. The molecule has 0 aliphatic heterocycles. The zero-order valence-electron chi connectivity index (χ0n) is 14.8. The van der Waals surface area contributed by atoms with Crippen LogP contribution in [0.15, 0.2) is 42.5 Å². The predicted octanol–water partition coefficient (Wildman–Crippen LogP) is 3.79. The zero-order valence-corrected chi connectivity index (χ0v) is 14.8. The first-order valence-corrected chi connectivity index (χ1v) is 8.18. The highest BCUT2D eigenvalue weighted by molar-refractivity contribution is 5.81. The van der Waals surface area contributed by atoms with Gasteiger partial charge in [0, 0.05) is 6.54 Å². The summed E-state index contributed by atoms with van der Waals surface area (Å²) in [6.07, 6.45) is 0.116. The number of hydrogen-bond donors (Lipinski definition) is 1. The van der Waals surface area contributed by atoms with Crippen molar-refractivity contribution in [1.29, 1.82) is 0 Å². The summed E-state index contributed by atoms with van der Waals surface area (Å²) in [5.74, 6) is 1.46. The lowest BCUT2D eigenvalue weighted by Crippen LogP contribution is -2.37. The first-order chi connectivity index (χ1) is 11.5. The van der Waals surface area contributed by atoms with Gasteiger partial charge < -0.3 is 14.8 Å². The fourth-order valence-corrected chi connectivity index (χ4v) is 2.37. The first kappa shape index (κ1) is 17.9. The minimum atomic E-state index is -0.497. The summed E-state index contributed by atoms with van der Waals surface area (Å²) in [7, 11) is 1.63. The van der Waals surface area contributed by atoms with Crippen LogP contribution in [0.3, 0.4) is 0 Å². The number of amides is 1. The number of carbonyl (C=O) groups excluding carboxylic acids is 1. The van der Waals surface area contributed by atoms with Crippen molar-refractivity contribution in [2.45, 2.75) is 39.8 Å². The van der Waals surface area contributed by atoms with E-state index in [1.165, 1.54) is 0 Å². The molecule has 2 aromatic rings. The topological polar surface area (TPSA) is 47.6 Å². The van der Waals surface area contributed by atoms with Crippen molar-refractivity contribution in [3.8, 4) is 11.5 Å². The number of carbonyl (C=O) groups is 1. The number of methoxy groups -OCH3 is 1. The van der Waals surface area contributed by atoms with Crippen LogP contribution in [-0.4, -0.2) is 19.1 Å². The Morgan fingerprint density at radius 3 is 2.46 bits per heavy atom. The quantitative estimate of drug-likeness (QED) is 0.842. The standard InChI is InChI=1S/C20H25NO3/c1-5-18(24-19-8-6-7-14(2)15(19)3)20(22)21-13-16-9-11-17(23-4)12-10-16/h6-12,18H,5,13H2,1-4H3,(H,21,22)/t18-/m0/s1. The Bertz CT molecular complexity index is 680. The third kappa shape index (κ3) is 4.51. The molecule has 0 unspecified atom stereocenters. The van der Waals surface area contributed by atoms with Gasteiger partial charge in [-0.25, -0.2) is 0 Å². The molecule has 128 valence electrons. The van der Waals surface area contributed by atoms with E-state index in [-0.39, 0.29) is 5.91 Å². The van der Waals surface area contributed by atoms with Crippen LogP contribution < -0.4 is 14.8 Å². The molecule has 0 bridgehead atoms. The van der Waals surface area contributed by atoms with E-state index in [0.29, 0.717) is 13.0 Å². The maximum Gasteiger partial charge on any atom is 0.261 e. The number of hydrogen-bond acceptors (Lipinski definition) is 3. The molecule has 0 saturated heterocycles. The Hall–Kier alpha value is -2.49. The molecule has 1 amide bonds. The van der Waals surface area contributed by atoms with Gasteiger partial charge >= 0.3 is 0 Å². The molecule has 0 aromatic heterocycles. The molecular formula is C20H25NO3. The molecule has 1 atom stereocenters. The van der Waals surface area contributed by atoms with E-state index in [1.807, 2.05) is 63.2 Å². The highest BCUT2D eigenvalue weighted by Gasteiger charge is 2.19. The van der Waals surface area contributed by atoms with Crippen molar-refractivity contribution >= 4 is 5.91 Å². The van der Waals surface area contributed by atoms with Crippen molar-refractivity contribution in [2.75, 3.05) is 7.11 Å². The maximum atomic E-state index is 12.4. The van der Waals surface area contributed by atoms with E-state index >= 15 is 0 Å². The Morgan fingerprint density at radius 1 is 1.12 bits per heavy atom. The lowest BCUT2D eigenvalue weighted by atomic mass is 10.1. The summed E-state index contributed by atoms with van der Waals surface area (Å²) in [5, 5.41) is 2.94. The highest BCUT2D eigenvalue weighted by atomic mass is 16.5. The average Bonchev–Trinajstić information content (AvgIpc) is 2.61. The van der Waals surface area contributed by atoms with Crippen molar-refractivity contribution < 1.29 is 14.3 Å². The molecule has 0 fully saturated rings. The fourth-order valence-electron chi connectivity index (χ4n) is 2.37. The van der Waals surface area contributed by atoms with Gasteiger partial charge in [-0.15, -0.1) is 0 Å². The molecule has 0 radical (unpaired) electrons. The minimum Gasteiger partial charge on any atom is -0.497 e. The van der Waals surface area contributed by atoms with Crippen LogP contribution in [0.4, 0.5) is 0 Å². The summed E-state index contributed by atoms with van der Waals surface area (Å²) in [6, 6.07) is 13.5. The Balaban J connectivity index is 1.96. The van der Waals surface area contributed by atoms with Crippen LogP contribution in [-0.2, 0) is 11.3 Å². The molecule has 4 nitrogen and oxygen atoms in total. The van der Waals surface area contributed by atoms with Crippen molar-refractivity contribution in [3.05, 3.63) is 59.2 Å². The van der Waals surface area contributed by atoms with Gasteiger partial charge in [0.25, 0.3) is 5.91 Å². The van der Waals surface area contributed by atoms with E-state index in [0.717, 1.165) is 28.2 Å². The summed E-state index contributed by atoms with van der Waals surface area (Å²) in [6.45, 7) is 6.46. The Morgan fingerprint density at radius 2 is 1.83 bits per heavy atom.